The van der Waals surface area contributed by atoms with Crippen LogP contribution in [0.25, 0.3) is 0 Å². The minimum Gasteiger partial charge on any atom is -0.322 e. The molecule has 96 valence electrons. The fraction of sp³-hybridized carbons (Fsp3) is 0.667. The van der Waals surface area contributed by atoms with Gasteiger partial charge in [0.2, 0.25) is 0 Å². The molecule has 1 aromatic heterocycles. The van der Waals surface area contributed by atoms with Crippen molar-refractivity contribution in [2.75, 3.05) is 0 Å². The number of nitrogens with zero attached hydrogens (tertiary/aromatic N) is 2. The number of rotatable bonds is 6. The van der Waals surface area contributed by atoms with Crippen LogP contribution in [0.3, 0.4) is 0 Å². The molecule has 5 heteroatoms. The predicted octanol–water partition coefficient (Wildman–Crippen LogP) is 1.97. The van der Waals surface area contributed by atoms with E-state index < -0.39 is 6.04 Å². The summed E-state index contributed by atoms with van der Waals surface area (Å²) in [6.45, 7) is 6.59. The van der Waals surface area contributed by atoms with Gasteiger partial charge < -0.3 is 5.73 Å². The molecule has 1 aromatic rings. The van der Waals surface area contributed by atoms with E-state index in [0.717, 1.165) is 17.8 Å². The SMILES string of the molecule is CCc1nn(CC)c(CC(=O)C(N)CC)c1Cl. The van der Waals surface area contributed by atoms with Crippen molar-refractivity contribution >= 4 is 17.4 Å². The summed E-state index contributed by atoms with van der Waals surface area (Å²) in [6.07, 6.45) is 1.69. The molecule has 0 saturated carbocycles. The third-order valence-electron chi connectivity index (χ3n) is 2.89. The quantitative estimate of drug-likeness (QED) is 0.848. The first-order chi connectivity index (χ1) is 8.04. The van der Waals surface area contributed by atoms with Crippen molar-refractivity contribution < 1.29 is 4.79 Å². The first-order valence-electron chi connectivity index (χ1n) is 6.07. The van der Waals surface area contributed by atoms with Gasteiger partial charge in [-0.05, 0) is 19.8 Å². The van der Waals surface area contributed by atoms with Crippen LogP contribution in [0.4, 0.5) is 0 Å². The highest BCUT2D eigenvalue weighted by Crippen LogP contribution is 2.22. The lowest BCUT2D eigenvalue weighted by Crippen LogP contribution is -2.31. The van der Waals surface area contributed by atoms with Crippen LogP contribution in [0.15, 0.2) is 0 Å². The molecule has 0 amide bonds. The van der Waals surface area contributed by atoms with Crippen LogP contribution >= 0.6 is 11.6 Å². The Morgan fingerprint density at radius 2 is 2.12 bits per heavy atom. The highest BCUT2D eigenvalue weighted by atomic mass is 35.5. The maximum Gasteiger partial charge on any atom is 0.155 e. The van der Waals surface area contributed by atoms with Gasteiger partial charge >= 0.3 is 0 Å². The van der Waals surface area contributed by atoms with E-state index in [1.807, 2.05) is 20.8 Å². The molecular formula is C12H20ClN3O. The molecule has 0 radical (unpaired) electrons. The van der Waals surface area contributed by atoms with Gasteiger partial charge in [0.25, 0.3) is 0 Å². The van der Waals surface area contributed by atoms with Gasteiger partial charge in [-0.3, -0.25) is 9.48 Å². The van der Waals surface area contributed by atoms with E-state index in [0.29, 0.717) is 18.0 Å². The minimum absolute atomic E-state index is 0.0200. The van der Waals surface area contributed by atoms with Crippen molar-refractivity contribution in [3.63, 3.8) is 0 Å². The van der Waals surface area contributed by atoms with E-state index in [4.69, 9.17) is 17.3 Å². The largest absolute Gasteiger partial charge is 0.322 e. The molecule has 0 aromatic carbocycles. The number of Topliss-reactive ketones (excluding diaryl/α,β-unsaturated/α-hetero) is 1. The third kappa shape index (κ3) is 3.07. The Bertz CT molecular complexity index is 401. The minimum atomic E-state index is -0.406. The topological polar surface area (TPSA) is 60.9 Å². The van der Waals surface area contributed by atoms with Gasteiger partial charge in [-0.2, -0.15) is 5.10 Å². The molecule has 2 N–H and O–H groups in total. The van der Waals surface area contributed by atoms with Gasteiger partial charge in [0.15, 0.2) is 5.78 Å². The van der Waals surface area contributed by atoms with Gasteiger partial charge in [-0.15, -0.1) is 0 Å². The number of nitrogens with two attached hydrogens (primary N) is 1. The summed E-state index contributed by atoms with van der Waals surface area (Å²) in [6, 6.07) is -0.406. The van der Waals surface area contributed by atoms with Crippen LogP contribution in [-0.2, 0) is 24.2 Å². The summed E-state index contributed by atoms with van der Waals surface area (Å²) in [5.41, 5.74) is 7.36. The highest BCUT2D eigenvalue weighted by Gasteiger charge is 2.19. The van der Waals surface area contributed by atoms with Crippen molar-refractivity contribution in [2.45, 2.75) is 52.6 Å². The number of aromatic nitrogens is 2. The van der Waals surface area contributed by atoms with Gasteiger partial charge in [-0.25, -0.2) is 0 Å². The monoisotopic (exact) mass is 257 g/mol. The molecule has 0 aliphatic heterocycles. The number of carbonyl (C=O) groups excluding carboxylic acids is 1. The zero-order chi connectivity index (χ0) is 13.0. The van der Waals surface area contributed by atoms with Crippen molar-refractivity contribution in [3.8, 4) is 0 Å². The standard InChI is InChI=1S/C12H20ClN3O/c1-4-8(14)11(17)7-10-12(13)9(5-2)15-16(10)6-3/h8H,4-7,14H2,1-3H3. The zero-order valence-corrected chi connectivity index (χ0v) is 11.4. The molecule has 1 atom stereocenters. The number of hydrogen-bond donors (Lipinski definition) is 1. The maximum atomic E-state index is 11.8. The second-order valence-corrected chi connectivity index (χ2v) is 4.41. The van der Waals surface area contributed by atoms with Crippen LogP contribution in [0.2, 0.25) is 5.02 Å². The van der Waals surface area contributed by atoms with Gasteiger partial charge in [0, 0.05) is 6.54 Å². The second-order valence-electron chi connectivity index (χ2n) is 4.03. The molecule has 1 rings (SSSR count). The van der Waals surface area contributed by atoms with Gasteiger partial charge in [-0.1, -0.05) is 25.4 Å². The smallest absolute Gasteiger partial charge is 0.155 e. The Hall–Kier alpha value is -0.870. The predicted molar refractivity (Wildman–Crippen MR) is 69.3 cm³/mol. The van der Waals surface area contributed by atoms with E-state index in [-0.39, 0.29) is 12.2 Å². The Kier molecular flexibility index (Phi) is 5.15. The average molecular weight is 258 g/mol. The number of aryl methyl sites for hydroxylation is 2. The van der Waals surface area contributed by atoms with E-state index in [2.05, 4.69) is 5.10 Å². The molecule has 17 heavy (non-hydrogen) atoms. The lowest BCUT2D eigenvalue weighted by atomic mass is 10.1. The van der Waals surface area contributed by atoms with Crippen LogP contribution < -0.4 is 5.73 Å². The van der Waals surface area contributed by atoms with Crippen molar-refractivity contribution in [3.05, 3.63) is 16.4 Å². The average Bonchev–Trinajstić information content (AvgIpc) is 2.65. The third-order valence-corrected chi connectivity index (χ3v) is 3.33. The number of carbonyl (C=O) groups is 1. The number of halogens is 1. The Morgan fingerprint density at radius 1 is 1.47 bits per heavy atom. The summed E-state index contributed by atoms with van der Waals surface area (Å²) in [5.74, 6) is 0.0200. The molecule has 0 aliphatic carbocycles. The molecule has 0 bridgehead atoms. The van der Waals surface area contributed by atoms with E-state index >= 15 is 0 Å². The van der Waals surface area contributed by atoms with Crippen LogP contribution in [0, 0.1) is 0 Å². The molecule has 4 nitrogen and oxygen atoms in total. The summed E-state index contributed by atoms with van der Waals surface area (Å²) in [4.78, 5) is 11.8. The molecule has 0 aliphatic rings. The van der Waals surface area contributed by atoms with Crippen LogP contribution in [-0.4, -0.2) is 21.6 Å². The molecule has 1 heterocycles. The maximum absolute atomic E-state index is 11.8. The Labute approximate surface area is 107 Å². The molecule has 0 spiro atoms. The first-order valence-corrected chi connectivity index (χ1v) is 6.45. The van der Waals surface area contributed by atoms with E-state index in [9.17, 15) is 4.79 Å². The van der Waals surface area contributed by atoms with Gasteiger partial charge in [0.1, 0.15) is 0 Å². The Morgan fingerprint density at radius 3 is 2.59 bits per heavy atom. The summed E-state index contributed by atoms with van der Waals surface area (Å²) < 4.78 is 1.79. The lowest BCUT2D eigenvalue weighted by Gasteiger charge is -2.09. The zero-order valence-electron chi connectivity index (χ0n) is 10.7. The van der Waals surface area contributed by atoms with Crippen LogP contribution in [0.5, 0.6) is 0 Å². The Balaban J connectivity index is 2.97. The van der Waals surface area contributed by atoms with Crippen molar-refractivity contribution in [1.29, 1.82) is 0 Å². The summed E-state index contributed by atoms with van der Waals surface area (Å²) in [5, 5.41) is 4.99. The number of ketones is 1. The normalized spacial score (nSPS) is 12.8. The van der Waals surface area contributed by atoms with Crippen molar-refractivity contribution in [1.82, 2.24) is 9.78 Å². The van der Waals surface area contributed by atoms with E-state index in [1.54, 1.807) is 4.68 Å². The fourth-order valence-electron chi connectivity index (χ4n) is 1.71. The van der Waals surface area contributed by atoms with Crippen molar-refractivity contribution in [2.24, 2.45) is 5.73 Å². The highest BCUT2D eigenvalue weighted by molar-refractivity contribution is 6.32. The fourth-order valence-corrected chi connectivity index (χ4v) is 2.05. The first kappa shape index (κ1) is 14.2. The van der Waals surface area contributed by atoms with Crippen LogP contribution in [0.1, 0.15) is 38.6 Å². The van der Waals surface area contributed by atoms with Gasteiger partial charge in [0.05, 0.1) is 28.9 Å². The molecule has 1 unspecified atom stereocenters. The molecular weight excluding hydrogens is 238 g/mol. The summed E-state index contributed by atoms with van der Waals surface area (Å²) in [7, 11) is 0. The molecule has 0 saturated heterocycles. The lowest BCUT2D eigenvalue weighted by molar-refractivity contribution is -0.119. The van der Waals surface area contributed by atoms with E-state index in [1.165, 1.54) is 0 Å². The number of hydrogen-bond acceptors (Lipinski definition) is 3. The summed E-state index contributed by atoms with van der Waals surface area (Å²) >= 11 is 6.22. The molecule has 0 fully saturated rings. The second kappa shape index (κ2) is 6.17.